The molecule has 3 rings (SSSR count). The third-order valence-electron chi connectivity index (χ3n) is 4.92. The van der Waals surface area contributed by atoms with Gasteiger partial charge in [-0.15, -0.1) is 0 Å². The lowest BCUT2D eigenvalue weighted by Gasteiger charge is -2.17. The first-order chi connectivity index (χ1) is 11.4. The van der Waals surface area contributed by atoms with Gasteiger partial charge in [-0.05, 0) is 74.8 Å². The fourth-order valence-corrected chi connectivity index (χ4v) is 4.94. The SMILES string of the molecule is CNC(C)CS(=O)(=O)NC(=O)Nc1c2c(cc3c1CCC3)CCC2. The molecule has 132 valence electrons. The lowest BCUT2D eigenvalue weighted by molar-refractivity contribution is 0.256. The van der Waals surface area contributed by atoms with Crippen LogP contribution in [-0.4, -0.2) is 33.3 Å². The second kappa shape index (κ2) is 6.72. The Morgan fingerprint density at radius 3 is 2.25 bits per heavy atom. The summed E-state index contributed by atoms with van der Waals surface area (Å²) in [5.74, 6) is -0.137. The van der Waals surface area contributed by atoms with Gasteiger partial charge in [-0.2, -0.15) is 0 Å². The second-order valence-electron chi connectivity index (χ2n) is 6.76. The van der Waals surface area contributed by atoms with E-state index in [2.05, 4.69) is 21.4 Å². The molecule has 2 amide bonds. The van der Waals surface area contributed by atoms with Gasteiger partial charge in [-0.25, -0.2) is 17.9 Å². The molecule has 0 fully saturated rings. The van der Waals surface area contributed by atoms with Gasteiger partial charge in [0, 0.05) is 11.7 Å². The van der Waals surface area contributed by atoms with Crippen LogP contribution in [0.5, 0.6) is 0 Å². The average molecular weight is 351 g/mol. The Bertz CT molecular complexity index is 727. The zero-order chi connectivity index (χ0) is 17.3. The van der Waals surface area contributed by atoms with Crippen molar-refractivity contribution in [1.82, 2.24) is 10.0 Å². The summed E-state index contributed by atoms with van der Waals surface area (Å²) >= 11 is 0. The van der Waals surface area contributed by atoms with Crippen LogP contribution in [0.25, 0.3) is 0 Å². The van der Waals surface area contributed by atoms with E-state index < -0.39 is 16.1 Å². The average Bonchev–Trinajstić information content (AvgIpc) is 3.14. The zero-order valence-corrected chi connectivity index (χ0v) is 15.1. The summed E-state index contributed by atoms with van der Waals surface area (Å²) < 4.78 is 26.2. The molecule has 0 aliphatic heterocycles. The molecule has 1 aromatic rings. The number of anilines is 1. The number of hydrogen-bond donors (Lipinski definition) is 3. The minimum absolute atomic E-state index is 0.137. The Morgan fingerprint density at radius 1 is 1.12 bits per heavy atom. The standard InChI is InChI=1S/C17H25N3O3S/c1-11(18-2)10-24(22,23)20-17(21)19-16-14-7-3-5-12(14)9-13-6-4-8-15(13)16/h9,11,18H,3-8,10H2,1-2H3,(H2,19,20,21). The molecule has 1 unspecified atom stereocenters. The van der Waals surface area contributed by atoms with Gasteiger partial charge >= 0.3 is 6.03 Å². The summed E-state index contributed by atoms with van der Waals surface area (Å²) in [6.07, 6.45) is 6.15. The first-order valence-electron chi connectivity index (χ1n) is 8.55. The van der Waals surface area contributed by atoms with Crippen LogP contribution in [0.4, 0.5) is 10.5 Å². The Balaban J connectivity index is 1.78. The van der Waals surface area contributed by atoms with E-state index in [1.54, 1.807) is 14.0 Å². The van der Waals surface area contributed by atoms with Crippen molar-refractivity contribution in [3.63, 3.8) is 0 Å². The van der Waals surface area contributed by atoms with Crippen LogP contribution in [0.3, 0.4) is 0 Å². The van der Waals surface area contributed by atoms with E-state index in [0.29, 0.717) is 0 Å². The van der Waals surface area contributed by atoms with E-state index in [1.807, 2.05) is 0 Å². The summed E-state index contributed by atoms with van der Waals surface area (Å²) in [5.41, 5.74) is 5.83. The van der Waals surface area contributed by atoms with Gasteiger partial charge in [0.15, 0.2) is 0 Å². The molecule has 24 heavy (non-hydrogen) atoms. The zero-order valence-electron chi connectivity index (χ0n) is 14.2. The maximum Gasteiger partial charge on any atom is 0.332 e. The highest BCUT2D eigenvalue weighted by Crippen LogP contribution is 2.38. The van der Waals surface area contributed by atoms with Crippen molar-refractivity contribution in [1.29, 1.82) is 0 Å². The predicted molar refractivity (Wildman–Crippen MR) is 95.0 cm³/mol. The van der Waals surface area contributed by atoms with Gasteiger partial charge in [-0.1, -0.05) is 6.07 Å². The first kappa shape index (κ1) is 17.2. The topological polar surface area (TPSA) is 87.3 Å². The minimum atomic E-state index is -3.66. The molecule has 0 aromatic heterocycles. The van der Waals surface area contributed by atoms with Crippen molar-refractivity contribution in [3.8, 4) is 0 Å². The Kier molecular flexibility index (Phi) is 4.83. The van der Waals surface area contributed by atoms with Crippen LogP contribution in [-0.2, 0) is 35.7 Å². The molecule has 3 N–H and O–H groups in total. The van der Waals surface area contributed by atoms with Crippen LogP contribution in [0.2, 0.25) is 0 Å². The molecule has 0 bridgehead atoms. The maximum absolute atomic E-state index is 12.3. The lowest BCUT2D eigenvalue weighted by atomic mass is 9.99. The molecule has 0 radical (unpaired) electrons. The quantitative estimate of drug-likeness (QED) is 0.754. The number of sulfonamides is 1. The first-order valence-corrected chi connectivity index (χ1v) is 10.2. The molecule has 1 atom stereocenters. The van der Waals surface area contributed by atoms with Crippen LogP contribution < -0.4 is 15.4 Å². The van der Waals surface area contributed by atoms with E-state index in [0.717, 1.165) is 44.2 Å². The fourth-order valence-electron chi connectivity index (χ4n) is 3.70. The van der Waals surface area contributed by atoms with E-state index >= 15 is 0 Å². The molecule has 2 aliphatic rings. The molecule has 1 aromatic carbocycles. The molecule has 0 saturated heterocycles. The summed E-state index contributed by atoms with van der Waals surface area (Å²) in [6.45, 7) is 1.76. The highest BCUT2D eigenvalue weighted by Gasteiger charge is 2.26. The summed E-state index contributed by atoms with van der Waals surface area (Å²) in [4.78, 5) is 12.3. The largest absolute Gasteiger partial charge is 0.332 e. The van der Waals surface area contributed by atoms with Gasteiger partial charge < -0.3 is 10.6 Å². The number of aryl methyl sites for hydroxylation is 2. The molecule has 2 aliphatic carbocycles. The van der Waals surface area contributed by atoms with E-state index in [1.165, 1.54) is 22.3 Å². The number of benzene rings is 1. The fraction of sp³-hybridized carbons (Fsp3) is 0.588. The van der Waals surface area contributed by atoms with Crippen molar-refractivity contribution in [2.24, 2.45) is 0 Å². The maximum atomic E-state index is 12.3. The van der Waals surface area contributed by atoms with Gasteiger partial charge in [0.05, 0.1) is 5.75 Å². The number of hydrogen-bond acceptors (Lipinski definition) is 4. The Morgan fingerprint density at radius 2 is 1.71 bits per heavy atom. The predicted octanol–water partition coefficient (Wildman–Crippen LogP) is 1.72. The van der Waals surface area contributed by atoms with Crippen molar-refractivity contribution < 1.29 is 13.2 Å². The van der Waals surface area contributed by atoms with E-state index in [-0.39, 0.29) is 11.8 Å². The summed E-state index contributed by atoms with van der Waals surface area (Å²) in [6, 6.07) is 1.40. The monoisotopic (exact) mass is 351 g/mol. The molecule has 6 nitrogen and oxygen atoms in total. The molecule has 0 saturated carbocycles. The van der Waals surface area contributed by atoms with Crippen LogP contribution in [0.15, 0.2) is 6.07 Å². The number of amides is 2. The number of carbonyl (C=O) groups is 1. The molecule has 0 spiro atoms. The highest BCUT2D eigenvalue weighted by molar-refractivity contribution is 7.90. The molecular weight excluding hydrogens is 326 g/mol. The van der Waals surface area contributed by atoms with Crippen molar-refractivity contribution >= 4 is 21.7 Å². The second-order valence-corrected chi connectivity index (χ2v) is 8.53. The highest BCUT2D eigenvalue weighted by atomic mass is 32.2. The number of rotatable bonds is 5. The lowest BCUT2D eigenvalue weighted by Crippen LogP contribution is -2.41. The van der Waals surface area contributed by atoms with Gasteiger partial charge in [0.2, 0.25) is 10.0 Å². The minimum Gasteiger partial charge on any atom is -0.316 e. The van der Waals surface area contributed by atoms with Crippen LogP contribution in [0.1, 0.15) is 42.0 Å². The number of urea groups is 1. The molecule has 7 heteroatoms. The number of nitrogens with one attached hydrogen (secondary N) is 3. The normalized spacial score (nSPS) is 17.2. The van der Waals surface area contributed by atoms with Crippen molar-refractivity contribution in [3.05, 3.63) is 28.3 Å². The Labute approximate surface area is 143 Å². The third-order valence-corrected chi connectivity index (χ3v) is 6.36. The Hall–Kier alpha value is -1.60. The molecule has 0 heterocycles. The third kappa shape index (κ3) is 3.57. The van der Waals surface area contributed by atoms with E-state index in [9.17, 15) is 13.2 Å². The van der Waals surface area contributed by atoms with Gasteiger partial charge in [-0.3, -0.25) is 0 Å². The summed E-state index contributed by atoms with van der Waals surface area (Å²) in [7, 11) is -1.97. The number of fused-ring (bicyclic) bond motifs is 2. The van der Waals surface area contributed by atoms with Crippen LogP contribution in [0, 0.1) is 0 Å². The summed E-state index contributed by atoms with van der Waals surface area (Å²) in [5, 5.41) is 5.70. The van der Waals surface area contributed by atoms with Crippen molar-refractivity contribution in [2.45, 2.75) is 51.5 Å². The smallest absolute Gasteiger partial charge is 0.316 e. The van der Waals surface area contributed by atoms with E-state index in [4.69, 9.17) is 0 Å². The van der Waals surface area contributed by atoms with Crippen molar-refractivity contribution in [2.75, 3.05) is 18.1 Å². The van der Waals surface area contributed by atoms with Gasteiger partial charge in [0.1, 0.15) is 0 Å². The molecular formula is C17H25N3O3S. The number of carbonyl (C=O) groups excluding carboxylic acids is 1. The van der Waals surface area contributed by atoms with Gasteiger partial charge in [0.25, 0.3) is 0 Å². The van der Waals surface area contributed by atoms with Crippen LogP contribution >= 0.6 is 0 Å².